The number of ether oxygens (including phenoxy) is 1. The zero-order valence-electron chi connectivity index (χ0n) is 14.3. The first-order chi connectivity index (χ1) is 12.3. The van der Waals surface area contributed by atoms with E-state index in [9.17, 15) is 0 Å². The Kier molecular flexibility index (Phi) is 5.96. The van der Waals surface area contributed by atoms with Crippen LogP contribution >= 0.6 is 11.6 Å². The number of methoxy groups -OCH3 is 1. The average molecular weight is 356 g/mol. The van der Waals surface area contributed by atoms with Gasteiger partial charge in [-0.05, 0) is 23.8 Å². The monoisotopic (exact) mass is 355 g/mol. The molecule has 0 unspecified atom stereocenters. The standard InChI is InChI=1S/C20H22ClN3O/c1-25-20-10-6-5-9-19(20)23-11-13-24(14-12-23)22-16-18(21)15-17-7-3-2-4-8-17/h2-10,15-16H,11-14H2,1H3/b18-15-,22-16?. The van der Waals surface area contributed by atoms with E-state index in [4.69, 9.17) is 16.3 Å². The number of halogens is 1. The van der Waals surface area contributed by atoms with E-state index in [0.29, 0.717) is 5.03 Å². The molecule has 0 atom stereocenters. The molecule has 0 aliphatic carbocycles. The van der Waals surface area contributed by atoms with Crippen molar-refractivity contribution in [1.29, 1.82) is 0 Å². The van der Waals surface area contributed by atoms with Crippen LogP contribution in [0.3, 0.4) is 0 Å². The third-order valence-electron chi connectivity index (χ3n) is 4.13. The van der Waals surface area contributed by atoms with Crippen LogP contribution in [0.25, 0.3) is 6.08 Å². The molecule has 0 N–H and O–H groups in total. The van der Waals surface area contributed by atoms with Gasteiger partial charge in [0.25, 0.3) is 0 Å². The number of hydrazone groups is 1. The normalized spacial score (nSPS) is 15.7. The number of nitrogens with zero attached hydrogens (tertiary/aromatic N) is 3. The molecule has 1 aliphatic heterocycles. The summed E-state index contributed by atoms with van der Waals surface area (Å²) in [6.07, 6.45) is 3.63. The summed E-state index contributed by atoms with van der Waals surface area (Å²) in [5.41, 5.74) is 2.20. The van der Waals surface area contributed by atoms with E-state index in [1.807, 2.05) is 59.6 Å². The minimum atomic E-state index is 0.623. The van der Waals surface area contributed by atoms with E-state index < -0.39 is 0 Å². The van der Waals surface area contributed by atoms with E-state index in [2.05, 4.69) is 16.1 Å². The number of allylic oxidation sites excluding steroid dienone is 1. The highest BCUT2D eigenvalue weighted by molar-refractivity contribution is 6.41. The van der Waals surface area contributed by atoms with Gasteiger partial charge in [-0.25, -0.2) is 0 Å². The summed E-state index contributed by atoms with van der Waals surface area (Å²) in [5, 5.41) is 7.17. The Morgan fingerprint density at radius 1 is 1.00 bits per heavy atom. The highest BCUT2D eigenvalue weighted by Crippen LogP contribution is 2.28. The fourth-order valence-corrected chi connectivity index (χ4v) is 3.00. The second-order valence-corrected chi connectivity index (χ2v) is 6.23. The van der Waals surface area contributed by atoms with Gasteiger partial charge in [0.05, 0.1) is 37.1 Å². The SMILES string of the molecule is COc1ccccc1N1CCN(N=C/C(Cl)=C/c2ccccc2)CC1. The van der Waals surface area contributed by atoms with Gasteiger partial charge >= 0.3 is 0 Å². The van der Waals surface area contributed by atoms with Crippen LogP contribution in [0.4, 0.5) is 5.69 Å². The molecule has 130 valence electrons. The number of hydrogen-bond acceptors (Lipinski definition) is 4. The Bertz CT molecular complexity index is 738. The fourth-order valence-electron chi connectivity index (χ4n) is 2.83. The van der Waals surface area contributed by atoms with Crippen molar-refractivity contribution < 1.29 is 4.74 Å². The number of para-hydroxylation sites is 2. The summed E-state index contributed by atoms with van der Waals surface area (Å²) in [6.45, 7) is 3.50. The van der Waals surface area contributed by atoms with Gasteiger partial charge in [-0.15, -0.1) is 0 Å². The molecule has 0 bridgehead atoms. The maximum absolute atomic E-state index is 6.26. The van der Waals surface area contributed by atoms with Crippen molar-refractivity contribution in [2.75, 3.05) is 38.2 Å². The maximum Gasteiger partial charge on any atom is 0.142 e. The van der Waals surface area contributed by atoms with Crippen LogP contribution in [0.1, 0.15) is 5.56 Å². The first-order valence-corrected chi connectivity index (χ1v) is 8.73. The number of anilines is 1. The lowest BCUT2D eigenvalue weighted by Gasteiger charge is -2.35. The summed E-state index contributed by atoms with van der Waals surface area (Å²) < 4.78 is 5.45. The molecule has 2 aromatic carbocycles. The van der Waals surface area contributed by atoms with Crippen LogP contribution in [0.15, 0.2) is 64.7 Å². The van der Waals surface area contributed by atoms with Crippen molar-refractivity contribution in [2.45, 2.75) is 0 Å². The Labute approximate surface area is 154 Å². The van der Waals surface area contributed by atoms with Crippen LogP contribution in [0.5, 0.6) is 5.75 Å². The van der Waals surface area contributed by atoms with Gasteiger partial charge in [0, 0.05) is 13.1 Å². The molecule has 5 heteroatoms. The molecule has 1 heterocycles. The van der Waals surface area contributed by atoms with Crippen LogP contribution in [-0.2, 0) is 0 Å². The smallest absolute Gasteiger partial charge is 0.142 e. The Balaban J connectivity index is 1.56. The molecule has 2 aromatic rings. The second-order valence-electron chi connectivity index (χ2n) is 5.80. The molecule has 3 rings (SSSR count). The molecule has 0 radical (unpaired) electrons. The molecule has 1 aliphatic rings. The number of rotatable bonds is 5. The predicted molar refractivity (Wildman–Crippen MR) is 106 cm³/mol. The van der Waals surface area contributed by atoms with Crippen LogP contribution < -0.4 is 9.64 Å². The van der Waals surface area contributed by atoms with E-state index in [-0.39, 0.29) is 0 Å². The zero-order chi connectivity index (χ0) is 17.5. The largest absolute Gasteiger partial charge is 0.495 e. The van der Waals surface area contributed by atoms with Crippen molar-refractivity contribution in [3.05, 3.63) is 65.2 Å². The summed E-state index contributed by atoms with van der Waals surface area (Å²) in [5.74, 6) is 0.910. The molecule has 0 aromatic heterocycles. The van der Waals surface area contributed by atoms with Gasteiger partial charge in [-0.3, -0.25) is 5.01 Å². The number of hydrogen-bond donors (Lipinski definition) is 0. The summed E-state index contributed by atoms with van der Waals surface area (Å²) in [4.78, 5) is 2.33. The predicted octanol–water partition coefficient (Wildman–Crippen LogP) is 4.08. The fraction of sp³-hybridized carbons (Fsp3) is 0.250. The van der Waals surface area contributed by atoms with Gasteiger partial charge in [0.15, 0.2) is 0 Å². The minimum Gasteiger partial charge on any atom is -0.495 e. The minimum absolute atomic E-state index is 0.623. The third kappa shape index (κ3) is 4.77. The topological polar surface area (TPSA) is 28.1 Å². The highest BCUT2D eigenvalue weighted by Gasteiger charge is 2.18. The molecule has 0 saturated carbocycles. The van der Waals surface area contributed by atoms with E-state index in [1.165, 1.54) is 0 Å². The molecular weight excluding hydrogens is 334 g/mol. The Morgan fingerprint density at radius 2 is 1.68 bits per heavy atom. The first-order valence-electron chi connectivity index (χ1n) is 8.35. The average Bonchev–Trinajstić information content (AvgIpc) is 2.67. The molecule has 25 heavy (non-hydrogen) atoms. The van der Waals surface area contributed by atoms with Crippen molar-refractivity contribution in [3.8, 4) is 5.75 Å². The van der Waals surface area contributed by atoms with Crippen molar-refractivity contribution in [2.24, 2.45) is 5.10 Å². The highest BCUT2D eigenvalue weighted by atomic mass is 35.5. The molecule has 0 amide bonds. The Morgan fingerprint density at radius 3 is 2.40 bits per heavy atom. The number of benzene rings is 2. The summed E-state index contributed by atoms with van der Waals surface area (Å²) >= 11 is 6.26. The van der Waals surface area contributed by atoms with Crippen LogP contribution in [0.2, 0.25) is 0 Å². The molecule has 1 fully saturated rings. The quantitative estimate of drug-likeness (QED) is 0.756. The molecule has 1 saturated heterocycles. The van der Waals surface area contributed by atoms with Gasteiger partial charge in [0.1, 0.15) is 5.75 Å². The van der Waals surface area contributed by atoms with Gasteiger partial charge in [-0.1, -0.05) is 54.1 Å². The van der Waals surface area contributed by atoms with Gasteiger partial charge in [0.2, 0.25) is 0 Å². The Hall–Kier alpha value is -2.46. The van der Waals surface area contributed by atoms with Crippen LogP contribution in [-0.4, -0.2) is 44.5 Å². The van der Waals surface area contributed by atoms with Crippen molar-refractivity contribution >= 4 is 29.6 Å². The molecule has 0 spiro atoms. The summed E-state index contributed by atoms with van der Waals surface area (Å²) in [6, 6.07) is 18.1. The van der Waals surface area contributed by atoms with E-state index in [0.717, 1.165) is 43.2 Å². The molecular formula is C20H22ClN3O. The lowest BCUT2D eigenvalue weighted by atomic mass is 10.2. The van der Waals surface area contributed by atoms with Gasteiger partial charge < -0.3 is 9.64 Å². The maximum atomic E-state index is 6.26. The van der Waals surface area contributed by atoms with Crippen LogP contribution in [0, 0.1) is 0 Å². The third-order valence-corrected chi connectivity index (χ3v) is 4.34. The van der Waals surface area contributed by atoms with Crippen molar-refractivity contribution in [3.63, 3.8) is 0 Å². The summed E-state index contributed by atoms with van der Waals surface area (Å²) in [7, 11) is 1.71. The lowest BCUT2D eigenvalue weighted by Crippen LogP contribution is -2.44. The molecule has 4 nitrogen and oxygen atoms in total. The van der Waals surface area contributed by atoms with Crippen molar-refractivity contribution in [1.82, 2.24) is 5.01 Å². The van der Waals surface area contributed by atoms with E-state index in [1.54, 1.807) is 13.3 Å². The first kappa shape index (κ1) is 17.4. The van der Waals surface area contributed by atoms with E-state index >= 15 is 0 Å². The zero-order valence-corrected chi connectivity index (χ0v) is 15.1. The number of piperazine rings is 1. The lowest BCUT2D eigenvalue weighted by molar-refractivity contribution is 0.271. The van der Waals surface area contributed by atoms with Gasteiger partial charge in [-0.2, -0.15) is 5.10 Å². The second kappa shape index (κ2) is 8.58.